The summed E-state index contributed by atoms with van der Waals surface area (Å²) in [6.45, 7) is 9.17. The molecule has 0 aromatic carbocycles. The van der Waals surface area contributed by atoms with Crippen LogP contribution in [0.3, 0.4) is 0 Å². The Labute approximate surface area is 78.0 Å². The number of hydrogen-bond acceptors (Lipinski definition) is 2. The van der Waals surface area contributed by atoms with Gasteiger partial charge in [-0.05, 0) is 17.5 Å². The molecule has 1 atom stereocenters. The van der Waals surface area contributed by atoms with Crippen LogP contribution in [0, 0.1) is 5.92 Å². The van der Waals surface area contributed by atoms with E-state index < -0.39 is 0 Å². The SMILES string of the molecule is CC(C)/C=N/OCCC(C)(C)P. The van der Waals surface area contributed by atoms with Gasteiger partial charge in [-0.3, -0.25) is 0 Å². The van der Waals surface area contributed by atoms with Gasteiger partial charge in [0.2, 0.25) is 0 Å². The molecular formula is C9H20NOP. The van der Waals surface area contributed by atoms with Crippen LogP contribution >= 0.6 is 9.24 Å². The second kappa shape index (κ2) is 5.53. The van der Waals surface area contributed by atoms with Crippen LogP contribution in [0.2, 0.25) is 0 Å². The van der Waals surface area contributed by atoms with Crippen LogP contribution in [-0.4, -0.2) is 18.0 Å². The Bertz CT molecular complexity index is 138. The second-order valence-electron chi connectivity index (χ2n) is 4.07. The summed E-state index contributed by atoms with van der Waals surface area (Å²) >= 11 is 0. The average Bonchev–Trinajstić information content (AvgIpc) is 1.83. The van der Waals surface area contributed by atoms with E-state index in [0.717, 1.165) is 6.42 Å². The maximum atomic E-state index is 5.08. The molecule has 0 aromatic rings. The normalized spacial score (nSPS) is 12.8. The molecule has 0 heterocycles. The highest BCUT2D eigenvalue weighted by molar-refractivity contribution is 7.18. The molecule has 0 aliphatic carbocycles. The van der Waals surface area contributed by atoms with Gasteiger partial charge in [-0.1, -0.05) is 32.9 Å². The summed E-state index contributed by atoms with van der Waals surface area (Å²) in [6.07, 6.45) is 2.82. The Morgan fingerprint density at radius 3 is 2.50 bits per heavy atom. The van der Waals surface area contributed by atoms with Crippen molar-refractivity contribution >= 4 is 15.5 Å². The molecule has 0 saturated carbocycles. The fraction of sp³-hybridized carbons (Fsp3) is 0.889. The number of hydrogen-bond donors (Lipinski definition) is 0. The highest BCUT2D eigenvalue weighted by atomic mass is 31.0. The van der Waals surface area contributed by atoms with Crippen LogP contribution in [-0.2, 0) is 4.84 Å². The van der Waals surface area contributed by atoms with Crippen LogP contribution in [0.1, 0.15) is 34.1 Å². The lowest BCUT2D eigenvalue weighted by Gasteiger charge is -2.15. The Hall–Kier alpha value is -0.100. The number of oxime groups is 1. The van der Waals surface area contributed by atoms with Gasteiger partial charge in [0.15, 0.2) is 0 Å². The van der Waals surface area contributed by atoms with Crippen molar-refractivity contribution in [1.29, 1.82) is 0 Å². The van der Waals surface area contributed by atoms with Gasteiger partial charge in [-0.25, -0.2) is 0 Å². The average molecular weight is 189 g/mol. The molecule has 12 heavy (non-hydrogen) atoms. The highest BCUT2D eigenvalue weighted by Crippen LogP contribution is 2.20. The molecule has 0 amide bonds. The van der Waals surface area contributed by atoms with E-state index >= 15 is 0 Å². The van der Waals surface area contributed by atoms with Crippen molar-refractivity contribution in [3.63, 3.8) is 0 Å². The zero-order valence-corrected chi connectivity index (χ0v) is 9.66. The first-order chi connectivity index (χ1) is 5.42. The minimum absolute atomic E-state index is 0.257. The van der Waals surface area contributed by atoms with Gasteiger partial charge in [-0.15, -0.1) is 9.24 Å². The summed E-state index contributed by atoms with van der Waals surface area (Å²) in [7, 11) is 2.79. The monoisotopic (exact) mass is 189 g/mol. The van der Waals surface area contributed by atoms with E-state index in [4.69, 9.17) is 4.84 Å². The molecule has 0 rings (SSSR count). The molecule has 1 unspecified atom stereocenters. The molecule has 0 spiro atoms. The minimum atomic E-state index is 0.257. The number of rotatable bonds is 5. The van der Waals surface area contributed by atoms with Crippen molar-refractivity contribution in [3.8, 4) is 0 Å². The van der Waals surface area contributed by atoms with E-state index in [2.05, 4.69) is 42.1 Å². The molecule has 0 aliphatic rings. The Kier molecular flexibility index (Phi) is 5.48. The standard InChI is InChI=1S/C9H20NOP/c1-8(2)7-10-11-6-5-9(3,4)12/h7-8H,5-6,12H2,1-4H3/b10-7+. The van der Waals surface area contributed by atoms with Gasteiger partial charge >= 0.3 is 0 Å². The summed E-state index contributed by atoms with van der Waals surface area (Å²) < 4.78 is 0. The van der Waals surface area contributed by atoms with E-state index in [1.807, 2.05) is 6.21 Å². The quantitative estimate of drug-likeness (QED) is 0.282. The molecule has 0 saturated heterocycles. The molecule has 0 radical (unpaired) electrons. The smallest absolute Gasteiger partial charge is 0.118 e. The molecule has 3 heteroatoms. The van der Waals surface area contributed by atoms with Crippen molar-refractivity contribution in [3.05, 3.63) is 0 Å². The summed E-state index contributed by atoms with van der Waals surface area (Å²) in [6, 6.07) is 0. The van der Waals surface area contributed by atoms with Gasteiger partial charge in [0.05, 0.1) is 0 Å². The Morgan fingerprint density at radius 2 is 2.08 bits per heavy atom. The Balaban J connectivity index is 3.34. The summed E-state index contributed by atoms with van der Waals surface area (Å²) in [5.74, 6) is 0.467. The molecule has 0 aromatic heterocycles. The molecule has 0 N–H and O–H groups in total. The zero-order valence-electron chi connectivity index (χ0n) is 8.50. The first kappa shape index (κ1) is 11.9. The third-order valence-electron chi connectivity index (χ3n) is 1.27. The largest absolute Gasteiger partial charge is 0.396 e. The summed E-state index contributed by atoms with van der Waals surface area (Å²) in [5.41, 5.74) is 0. The van der Waals surface area contributed by atoms with E-state index in [1.165, 1.54) is 0 Å². The lowest BCUT2D eigenvalue weighted by atomic mass is 10.1. The summed E-state index contributed by atoms with van der Waals surface area (Å²) in [4.78, 5) is 5.08. The highest BCUT2D eigenvalue weighted by Gasteiger charge is 2.09. The van der Waals surface area contributed by atoms with E-state index in [1.54, 1.807) is 0 Å². The van der Waals surface area contributed by atoms with Crippen LogP contribution < -0.4 is 0 Å². The lowest BCUT2D eigenvalue weighted by Crippen LogP contribution is -2.11. The van der Waals surface area contributed by atoms with Crippen molar-refractivity contribution in [1.82, 2.24) is 0 Å². The van der Waals surface area contributed by atoms with Gasteiger partial charge in [0.25, 0.3) is 0 Å². The molecule has 72 valence electrons. The minimum Gasteiger partial charge on any atom is -0.396 e. The van der Waals surface area contributed by atoms with Crippen LogP contribution in [0.25, 0.3) is 0 Å². The van der Waals surface area contributed by atoms with Gasteiger partial charge in [0, 0.05) is 6.21 Å². The second-order valence-corrected chi connectivity index (χ2v) is 5.63. The van der Waals surface area contributed by atoms with Crippen molar-refractivity contribution in [2.24, 2.45) is 11.1 Å². The van der Waals surface area contributed by atoms with Gasteiger partial charge in [-0.2, -0.15) is 0 Å². The van der Waals surface area contributed by atoms with E-state index in [-0.39, 0.29) is 5.16 Å². The lowest BCUT2D eigenvalue weighted by molar-refractivity contribution is 0.136. The predicted molar refractivity (Wildman–Crippen MR) is 57.7 cm³/mol. The number of nitrogens with zero attached hydrogens (tertiary/aromatic N) is 1. The fourth-order valence-corrected chi connectivity index (χ4v) is 0.644. The van der Waals surface area contributed by atoms with E-state index in [9.17, 15) is 0 Å². The maximum Gasteiger partial charge on any atom is 0.118 e. The summed E-state index contributed by atoms with van der Waals surface area (Å²) in [5, 5.41) is 4.10. The van der Waals surface area contributed by atoms with Crippen LogP contribution in [0.5, 0.6) is 0 Å². The van der Waals surface area contributed by atoms with Crippen molar-refractivity contribution < 1.29 is 4.84 Å². The zero-order chi connectivity index (χ0) is 9.61. The molecular weight excluding hydrogens is 169 g/mol. The van der Waals surface area contributed by atoms with Crippen molar-refractivity contribution in [2.45, 2.75) is 39.3 Å². The molecule has 2 nitrogen and oxygen atoms in total. The third kappa shape index (κ3) is 9.90. The van der Waals surface area contributed by atoms with E-state index in [0.29, 0.717) is 12.5 Å². The van der Waals surface area contributed by atoms with Crippen molar-refractivity contribution in [2.75, 3.05) is 6.61 Å². The topological polar surface area (TPSA) is 21.6 Å². The van der Waals surface area contributed by atoms with Crippen LogP contribution in [0.15, 0.2) is 5.16 Å². The molecule has 0 fully saturated rings. The maximum absolute atomic E-state index is 5.08. The fourth-order valence-electron chi connectivity index (χ4n) is 0.526. The first-order valence-corrected chi connectivity index (χ1v) is 4.94. The molecule has 0 aliphatic heterocycles. The third-order valence-corrected chi connectivity index (χ3v) is 1.56. The Morgan fingerprint density at radius 1 is 1.50 bits per heavy atom. The van der Waals surface area contributed by atoms with Crippen LogP contribution in [0.4, 0.5) is 0 Å². The van der Waals surface area contributed by atoms with Gasteiger partial charge < -0.3 is 4.84 Å². The first-order valence-electron chi connectivity index (χ1n) is 4.36. The predicted octanol–water partition coefficient (Wildman–Crippen LogP) is 2.69. The van der Waals surface area contributed by atoms with Gasteiger partial charge in [0.1, 0.15) is 6.61 Å². The molecule has 0 bridgehead atoms.